The van der Waals surface area contributed by atoms with Crippen molar-refractivity contribution in [2.24, 2.45) is 0 Å². The zero-order valence-electron chi connectivity index (χ0n) is 7.89. The monoisotopic (exact) mass is 208 g/mol. The van der Waals surface area contributed by atoms with E-state index < -0.39 is 18.3 Å². The van der Waals surface area contributed by atoms with Crippen LogP contribution in [0.3, 0.4) is 0 Å². The van der Waals surface area contributed by atoms with E-state index >= 15 is 0 Å². The molecule has 0 aliphatic rings. The Balaban J connectivity index is 5.27. The number of nitriles is 2. The lowest BCUT2D eigenvalue weighted by Crippen LogP contribution is -1.99. The summed E-state index contributed by atoms with van der Waals surface area (Å²) in [5, 5.41) is 34.5. The van der Waals surface area contributed by atoms with Crippen LogP contribution >= 0.6 is 0 Å². The number of ether oxygens (including phenoxy) is 1. The highest BCUT2D eigenvalue weighted by atomic mass is 16.6. The molecule has 0 aromatic carbocycles. The highest BCUT2D eigenvalue weighted by Crippen LogP contribution is 2.12. The second-order valence-corrected chi connectivity index (χ2v) is 2.38. The molecule has 15 heavy (non-hydrogen) atoms. The molecule has 0 rings (SSSR count). The van der Waals surface area contributed by atoms with Gasteiger partial charge in [0.15, 0.2) is 0 Å². The molecule has 0 aliphatic carbocycles. The van der Waals surface area contributed by atoms with Crippen LogP contribution in [0.25, 0.3) is 0 Å². The van der Waals surface area contributed by atoms with E-state index in [0.29, 0.717) is 0 Å². The van der Waals surface area contributed by atoms with E-state index in [4.69, 9.17) is 20.7 Å². The van der Waals surface area contributed by atoms with Gasteiger partial charge in [0, 0.05) is 6.08 Å². The summed E-state index contributed by atoms with van der Waals surface area (Å²) in [5.74, 6) is -1.78. The van der Waals surface area contributed by atoms with Gasteiger partial charge in [-0.05, 0) is 5.57 Å². The molecule has 0 aromatic heterocycles. The normalized spacial score (nSPS) is 9.67. The van der Waals surface area contributed by atoms with Gasteiger partial charge in [0.05, 0.1) is 13.5 Å². The Morgan fingerprint density at radius 3 is 2.27 bits per heavy atom. The average molecular weight is 208 g/mol. The van der Waals surface area contributed by atoms with Crippen LogP contribution in [-0.4, -0.2) is 23.3 Å². The van der Waals surface area contributed by atoms with Crippen LogP contribution in [0.15, 0.2) is 23.2 Å². The van der Waals surface area contributed by atoms with Crippen molar-refractivity contribution in [1.82, 2.24) is 0 Å². The van der Waals surface area contributed by atoms with Crippen molar-refractivity contribution in [1.29, 1.82) is 10.5 Å². The van der Waals surface area contributed by atoms with E-state index in [1.165, 1.54) is 19.2 Å². The second kappa shape index (κ2) is 6.06. The molecular weight excluding hydrogens is 200 g/mol. The predicted octanol–water partition coefficient (Wildman–Crippen LogP) is 0.851. The number of hydrogen-bond acceptors (Lipinski definition) is 5. The van der Waals surface area contributed by atoms with Crippen LogP contribution in [0.2, 0.25) is 0 Å². The minimum atomic E-state index is -1.21. The maximum atomic E-state index is 10.4. The first-order valence-corrected chi connectivity index (χ1v) is 3.75. The molecule has 0 fully saturated rings. The Kier molecular flexibility index (Phi) is 5.06. The van der Waals surface area contributed by atoms with E-state index in [1.807, 2.05) is 0 Å². The first-order chi connectivity index (χ1) is 7.04. The Morgan fingerprint density at radius 2 is 1.93 bits per heavy atom. The maximum absolute atomic E-state index is 10.4. The number of carboxylic acids is 1. The molecule has 0 aliphatic heterocycles. The van der Waals surface area contributed by atoms with Crippen molar-refractivity contribution < 1.29 is 19.7 Å². The number of aliphatic hydroxyl groups excluding tert-OH is 1. The van der Waals surface area contributed by atoms with E-state index in [9.17, 15) is 4.79 Å². The zero-order valence-corrected chi connectivity index (χ0v) is 7.89. The summed E-state index contributed by atoms with van der Waals surface area (Å²) < 4.78 is 4.37. The summed E-state index contributed by atoms with van der Waals surface area (Å²) >= 11 is 0. The minimum Gasteiger partial charge on any atom is -0.481 e. The van der Waals surface area contributed by atoms with Crippen LogP contribution in [-0.2, 0) is 9.53 Å². The van der Waals surface area contributed by atoms with Crippen LogP contribution in [0.5, 0.6) is 0 Å². The smallest absolute Gasteiger partial charge is 0.307 e. The number of aliphatic carboxylic acids is 1. The zero-order chi connectivity index (χ0) is 11.8. The van der Waals surface area contributed by atoms with Crippen molar-refractivity contribution in [3.05, 3.63) is 23.2 Å². The topological polar surface area (TPSA) is 114 Å². The van der Waals surface area contributed by atoms with Crippen LogP contribution < -0.4 is 0 Å². The third-order valence-electron chi connectivity index (χ3n) is 1.39. The number of hydrogen-bond donors (Lipinski definition) is 2. The average Bonchev–Trinajstić information content (AvgIpc) is 2.18. The van der Waals surface area contributed by atoms with Crippen molar-refractivity contribution in [3.8, 4) is 12.1 Å². The molecule has 78 valence electrons. The fraction of sp³-hybridized carbons (Fsp3) is 0.222. The number of nitrogens with zero attached hydrogens (tertiary/aromatic N) is 2. The molecule has 0 bridgehead atoms. The minimum absolute atomic E-state index is 0.105. The molecule has 2 N–H and O–H groups in total. The molecule has 0 radical (unpaired) electrons. The Hall–Kier alpha value is -2.47. The summed E-state index contributed by atoms with van der Waals surface area (Å²) in [6, 6.07) is 3.06. The van der Waals surface area contributed by atoms with Crippen molar-refractivity contribution in [3.63, 3.8) is 0 Å². The van der Waals surface area contributed by atoms with Crippen molar-refractivity contribution in [2.75, 3.05) is 7.11 Å². The van der Waals surface area contributed by atoms with E-state index in [0.717, 1.165) is 6.08 Å². The fourth-order valence-electron chi connectivity index (χ4n) is 0.751. The van der Waals surface area contributed by atoms with Gasteiger partial charge in [0.1, 0.15) is 17.7 Å². The molecule has 6 nitrogen and oxygen atoms in total. The Labute approximate surface area is 85.9 Å². The van der Waals surface area contributed by atoms with Gasteiger partial charge < -0.3 is 14.9 Å². The van der Waals surface area contributed by atoms with Crippen molar-refractivity contribution in [2.45, 2.75) is 6.42 Å². The number of carboxylic acid groups (broad SMARTS) is 1. The fourth-order valence-corrected chi connectivity index (χ4v) is 0.751. The molecule has 0 heterocycles. The number of methoxy groups -OCH3 is 1. The van der Waals surface area contributed by atoms with E-state index in [1.54, 1.807) is 0 Å². The van der Waals surface area contributed by atoms with Crippen molar-refractivity contribution >= 4 is 5.97 Å². The number of carbonyl (C=O) groups is 1. The lowest BCUT2D eigenvalue weighted by Gasteiger charge is -2.00. The third-order valence-corrected chi connectivity index (χ3v) is 1.39. The molecule has 0 spiro atoms. The molecule has 0 amide bonds. The molecule has 0 atom stereocenters. The first kappa shape index (κ1) is 12.5. The van der Waals surface area contributed by atoms with Crippen LogP contribution in [0.4, 0.5) is 0 Å². The third kappa shape index (κ3) is 4.34. The van der Waals surface area contributed by atoms with Gasteiger partial charge in [0.25, 0.3) is 5.95 Å². The van der Waals surface area contributed by atoms with Gasteiger partial charge in [-0.15, -0.1) is 0 Å². The van der Waals surface area contributed by atoms with E-state index in [2.05, 4.69) is 4.74 Å². The lowest BCUT2D eigenvalue weighted by atomic mass is 10.1. The Morgan fingerprint density at radius 1 is 1.40 bits per heavy atom. The molecule has 6 heteroatoms. The molecule has 0 aromatic rings. The molecular formula is C9H8N2O4. The number of aliphatic hydroxyl groups is 1. The molecule has 0 saturated heterocycles. The van der Waals surface area contributed by atoms with Gasteiger partial charge in [-0.2, -0.15) is 10.5 Å². The van der Waals surface area contributed by atoms with E-state index in [-0.39, 0.29) is 11.1 Å². The molecule has 0 unspecified atom stereocenters. The largest absolute Gasteiger partial charge is 0.481 e. The Bertz CT molecular complexity index is 379. The summed E-state index contributed by atoms with van der Waals surface area (Å²) in [6.07, 6.45) is 0.389. The predicted molar refractivity (Wildman–Crippen MR) is 48.2 cm³/mol. The summed E-state index contributed by atoms with van der Waals surface area (Å²) in [5.41, 5.74) is -0.479. The standard InChI is InChI=1S/C9H8N2O4/c1-15-9(14)3-6(2-8(12)13)7(4-10)5-11/h3,14H,2H2,1H3,(H,12,13)/b9-3-. The first-order valence-electron chi connectivity index (χ1n) is 3.75. The molecule has 0 saturated carbocycles. The quantitative estimate of drug-likeness (QED) is 0.402. The maximum Gasteiger partial charge on any atom is 0.307 e. The van der Waals surface area contributed by atoms with Crippen LogP contribution in [0.1, 0.15) is 6.42 Å². The summed E-state index contributed by atoms with van der Waals surface area (Å²) in [6.45, 7) is 0. The highest BCUT2D eigenvalue weighted by molar-refractivity contribution is 5.72. The number of allylic oxidation sites excluding steroid dienone is 2. The SMILES string of the molecule is CO/C(O)=C\C(CC(=O)O)=C(C#N)C#N. The number of rotatable bonds is 4. The lowest BCUT2D eigenvalue weighted by molar-refractivity contribution is -0.136. The van der Waals surface area contributed by atoms with Gasteiger partial charge in [-0.25, -0.2) is 0 Å². The van der Waals surface area contributed by atoms with Gasteiger partial charge >= 0.3 is 5.97 Å². The van der Waals surface area contributed by atoms with Crippen LogP contribution in [0, 0.1) is 22.7 Å². The highest BCUT2D eigenvalue weighted by Gasteiger charge is 2.10. The van der Waals surface area contributed by atoms with Gasteiger partial charge in [0.2, 0.25) is 0 Å². The second-order valence-electron chi connectivity index (χ2n) is 2.38. The summed E-state index contributed by atoms with van der Waals surface area (Å²) in [4.78, 5) is 10.4. The summed E-state index contributed by atoms with van der Waals surface area (Å²) in [7, 11) is 1.17. The van der Waals surface area contributed by atoms with Gasteiger partial charge in [-0.3, -0.25) is 4.79 Å². The van der Waals surface area contributed by atoms with Gasteiger partial charge in [-0.1, -0.05) is 0 Å².